The molecule has 0 aromatic rings. The van der Waals surface area contributed by atoms with Gasteiger partial charge >= 0.3 is 0 Å². The Balaban J connectivity index is 1.80. The summed E-state index contributed by atoms with van der Waals surface area (Å²) in [5.41, 5.74) is 0.159. The molecule has 3 saturated carbocycles. The van der Waals surface area contributed by atoms with Crippen LogP contribution in [0.5, 0.6) is 0 Å². The summed E-state index contributed by atoms with van der Waals surface area (Å²) in [4.78, 5) is 0. The highest BCUT2D eigenvalue weighted by atomic mass is 16.3. The number of hydrogen-bond acceptors (Lipinski definition) is 1. The summed E-state index contributed by atoms with van der Waals surface area (Å²) in [5.74, 6) is 3.77. The van der Waals surface area contributed by atoms with Crippen molar-refractivity contribution >= 4 is 0 Å². The quantitative estimate of drug-likeness (QED) is 0.738. The molecule has 3 aliphatic carbocycles. The van der Waals surface area contributed by atoms with E-state index >= 15 is 0 Å². The predicted octanol–water partition coefficient (Wildman–Crippen LogP) is 5.17. The van der Waals surface area contributed by atoms with Gasteiger partial charge in [0.25, 0.3) is 0 Å². The molecule has 0 heterocycles. The minimum absolute atomic E-state index is 0.380. The molecular weight excluding hydrogens is 244 g/mol. The summed E-state index contributed by atoms with van der Waals surface area (Å²) in [6.45, 7) is 7.01. The third-order valence-electron chi connectivity index (χ3n) is 7.39. The number of fused-ring (bicyclic) bond motifs is 3. The zero-order chi connectivity index (χ0) is 14.4. The van der Waals surface area contributed by atoms with Crippen molar-refractivity contribution in [1.29, 1.82) is 0 Å². The van der Waals surface area contributed by atoms with E-state index in [0.29, 0.717) is 5.41 Å². The third kappa shape index (κ3) is 2.45. The van der Waals surface area contributed by atoms with E-state index in [1.54, 1.807) is 0 Å². The van der Waals surface area contributed by atoms with Crippen molar-refractivity contribution in [2.75, 3.05) is 0 Å². The first-order valence-electron chi connectivity index (χ1n) is 9.18. The summed E-state index contributed by atoms with van der Waals surface area (Å²) in [7, 11) is 0. The topological polar surface area (TPSA) is 20.2 Å². The smallest absolute Gasteiger partial charge is 0.0622 e. The Morgan fingerprint density at radius 2 is 1.85 bits per heavy atom. The van der Waals surface area contributed by atoms with E-state index in [1.807, 2.05) is 0 Å². The van der Waals surface area contributed by atoms with E-state index in [1.165, 1.54) is 51.4 Å². The van der Waals surface area contributed by atoms with Crippen molar-refractivity contribution in [2.24, 2.45) is 29.1 Å². The summed E-state index contributed by atoms with van der Waals surface area (Å²) in [6.07, 6.45) is 13.4. The van der Waals surface area contributed by atoms with Crippen molar-refractivity contribution in [3.05, 3.63) is 0 Å². The van der Waals surface area contributed by atoms with E-state index in [2.05, 4.69) is 20.8 Å². The van der Waals surface area contributed by atoms with Gasteiger partial charge in [0, 0.05) is 0 Å². The number of rotatable bonds is 2. The van der Waals surface area contributed by atoms with Gasteiger partial charge in [-0.15, -0.1) is 0 Å². The molecule has 0 aliphatic heterocycles. The minimum Gasteiger partial charge on any atom is -0.390 e. The molecule has 0 amide bonds. The summed E-state index contributed by atoms with van der Waals surface area (Å²) < 4.78 is 0. The van der Waals surface area contributed by atoms with Crippen LogP contribution in [0.3, 0.4) is 0 Å². The lowest BCUT2D eigenvalue weighted by Crippen LogP contribution is -2.52. The van der Waals surface area contributed by atoms with Crippen LogP contribution >= 0.6 is 0 Å². The molecule has 0 bridgehead atoms. The first-order chi connectivity index (χ1) is 9.46. The maximum Gasteiger partial charge on any atom is 0.0622 e. The average Bonchev–Trinajstić information content (AvgIpc) is 2.40. The van der Waals surface area contributed by atoms with Crippen LogP contribution in [0, 0.1) is 29.1 Å². The monoisotopic (exact) mass is 278 g/mol. The fraction of sp³-hybridized carbons (Fsp3) is 1.00. The van der Waals surface area contributed by atoms with Gasteiger partial charge in [-0.2, -0.15) is 0 Å². The van der Waals surface area contributed by atoms with Crippen molar-refractivity contribution in [2.45, 2.75) is 90.6 Å². The van der Waals surface area contributed by atoms with Crippen LogP contribution < -0.4 is 0 Å². The Kier molecular flexibility index (Phi) is 3.95. The Hall–Kier alpha value is -0.0400. The van der Waals surface area contributed by atoms with E-state index in [9.17, 15) is 5.11 Å². The molecule has 1 nitrogen and oxygen atoms in total. The fourth-order valence-corrected chi connectivity index (χ4v) is 6.26. The van der Waals surface area contributed by atoms with Crippen molar-refractivity contribution in [1.82, 2.24) is 0 Å². The zero-order valence-corrected chi connectivity index (χ0v) is 13.8. The zero-order valence-electron chi connectivity index (χ0n) is 13.8. The highest BCUT2D eigenvalue weighted by molar-refractivity contribution is 5.04. The molecule has 0 aromatic heterocycles. The average molecular weight is 278 g/mol. The number of hydrogen-bond donors (Lipinski definition) is 1. The second-order valence-corrected chi connectivity index (χ2v) is 8.73. The van der Waals surface area contributed by atoms with Crippen molar-refractivity contribution < 1.29 is 5.11 Å². The molecule has 6 atom stereocenters. The minimum atomic E-state index is -0.380. The second-order valence-electron chi connectivity index (χ2n) is 8.73. The van der Waals surface area contributed by atoms with Gasteiger partial charge in [-0.1, -0.05) is 39.5 Å². The lowest BCUT2D eigenvalue weighted by Gasteiger charge is -2.59. The Morgan fingerprint density at radius 1 is 1.05 bits per heavy atom. The van der Waals surface area contributed by atoms with Crippen molar-refractivity contribution in [3.8, 4) is 0 Å². The molecule has 0 aromatic carbocycles. The molecule has 3 rings (SSSR count). The summed E-state index contributed by atoms with van der Waals surface area (Å²) >= 11 is 0. The van der Waals surface area contributed by atoms with Gasteiger partial charge in [0.05, 0.1) is 5.60 Å². The molecule has 20 heavy (non-hydrogen) atoms. The molecule has 0 saturated heterocycles. The van der Waals surface area contributed by atoms with Gasteiger partial charge in [0.15, 0.2) is 0 Å². The van der Waals surface area contributed by atoms with Gasteiger partial charge in [-0.05, 0) is 74.5 Å². The summed E-state index contributed by atoms with van der Waals surface area (Å²) in [5, 5.41) is 10.5. The largest absolute Gasteiger partial charge is 0.390 e. The number of aliphatic hydroxyl groups is 1. The van der Waals surface area contributed by atoms with E-state index in [4.69, 9.17) is 0 Å². The molecule has 0 unspecified atom stereocenters. The van der Waals surface area contributed by atoms with Crippen LogP contribution in [0.15, 0.2) is 0 Å². The maximum absolute atomic E-state index is 10.5. The standard InChI is InChI=1S/C19H34O/c1-4-6-14-7-5-8-17-16(14)10-9-15-13-18(2,20)11-12-19(15,17)3/h14-17,20H,4-13H2,1-3H3/t14-,15+,16+,17+,18+,19+/m1/s1. The van der Waals surface area contributed by atoms with Crippen LogP contribution in [-0.4, -0.2) is 10.7 Å². The van der Waals surface area contributed by atoms with E-state index < -0.39 is 0 Å². The van der Waals surface area contributed by atoms with E-state index in [-0.39, 0.29) is 5.60 Å². The first kappa shape index (κ1) is 14.9. The molecular formula is C19H34O. The van der Waals surface area contributed by atoms with Gasteiger partial charge in [0.1, 0.15) is 0 Å². The van der Waals surface area contributed by atoms with Crippen molar-refractivity contribution in [3.63, 3.8) is 0 Å². The molecule has 0 radical (unpaired) electrons. The van der Waals surface area contributed by atoms with Crippen LogP contribution in [0.1, 0.15) is 85.0 Å². The lowest BCUT2D eigenvalue weighted by atomic mass is 9.46. The molecule has 0 spiro atoms. The molecule has 1 heteroatoms. The highest BCUT2D eigenvalue weighted by Gasteiger charge is 2.54. The first-order valence-corrected chi connectivity index (χ1v) is 9.18. The van der Waals surface area contributed by atoms with Gasteiger partial charge in [-0.25, -0.2) is 0 Å². The molecule has 3 fully saturated rings. The Morgan fingerprint density at radius 3 is 2.60 bits per heavy atom. The highest BCUT2D eigenvalue weighted by Crippen LogP contribution is 2.61. The SMILES string of the molecule is CCC[C@@H]1CCC[C@H]2[C@H]1CC[C@H]1C[C@@](C)(O)CC[C@@]12C. The van der Waals surface area contributed by atoms with Crippen LogP contribution in [-0.2, 0) is 0 Å². The fourth-order valence-electron chi connectivity index (χ4n) is 6.26. The lowest BCUT2D eigenvalue weighted by molar-refractivity contribution is -0.127. The molecule has 1 N–H and O–H groups in total. The van der Waals surface area contributed by atoms with Crippen LogP contribution in [0.2, 0.25) is 0 Å². The molecule has 3 aliphatic rings. The normalized spacial score (nSPS) is 52.2. The Labute approximate surface area is 125 Å². The van der Waals surface area contributed by atoms with E-state index in [0.717, 1.165) is 36.5 Å². The van der Waals surface area contributed by atoms with Crippen LogP contribution in [0.4, 0.5) is 0 Å². The maximum atomic E-state index is 10.5. The van der Waals surface area contributed by atoms with Crippen LogP contribution in [0.25, 0.3) is 0 Å². The third-order valence-corrected chi connectivity index (χ3v) is 7.39. The summed E-state index contributed by atoms with van der Waals surface area (Å²) in [6, 6.07) is 0. The Bertz CT molecular complexity index is 346. The van der Waals surface area contributed by atoms with Gasteiger partial charge in [-0.3, -0.25) is 0 Å². The van der Waals surface area contributed by atoms with Gasteiger partial charge in [0.2, 0.25) is 0 Å². The molecule has 116 valence electrons. The van der Waals surface area contributed by atoms with Gasteiger partial charge < -0.3 is 5.11 Å². The second kappa shape index (κ2) is 5.30. The predicted molar refractivity (Wildman–Crippen MR) is 84.5 cm³/mol.